The van der Waals surface area contributed by atoms with Crippen molar-refractivity contribution in [2.75, 3.05) is 5.32 Å². The highest BCUT2D eigenvalue weighted by Crippen LogP contribution is 2.24. The lowest BCUT2D eigenvalue weighted by atomic mass is 10.3. The van der Waals surface area contributed by atoms with Crippen molar-refractivity contribution < 1.29 is 4.79 Å². The summed E-state index contributed by atoms with van der Waals surface area (Å²) in [5.74, 6) is 0.212. The fraction of sp³-hybridized carbons (Fsp3) is 0. The van der Waals surface area contributed by atoms with Gasteiger partial charge in [-0.3, -0.25) is 14.9 Å². The molecule has 6 heteroatoms. The number of aromatic amines is 1. The number of nitrogens with zero attached hydrogens (tertiary/aromatic N) is 2. The molecule has 0 bridgehead atoms. The molecular weight excluding hydrogens is 260 g/mol. The van der Waals surface area contributed by atoms with Gasteiger partial charge >= 0.3 is 0 Å². The van der Waals surface area contributed by atoms with Crippen molar-refractivity contribution in [2.24, 2.45) is 0 Å². The largest absolute Gasteiger partial charge is 0.304 e. The van der Waals surface area contributed by atoms with Crippen LogP contribution < -0.4 is 5.32 Å². The maximum absolute atomic E-state index is 11.9. The molecule has 19 heavy (non-hydrogen) atoms. The number of amides is 1. The van der Waals surface area contributed by atoms with Crippen LogP contribution in [0, 0.1) is 0 Å². The molecule has 0 aliphatic carbocycles. The average molecular weight is 270 g/mol. The van der Waals surface area contributed by atoms with Gasteiger partial charge in [-0.25, -0.2) is 0 Å². The minimum absolute atomic E-state index is 0.273. The lowest BCUT2D eigenvalue weighted by molar-refractivity contribution is 0.102. The first kappa shape index (κ1) is 11.6. The molecule has 94 valence electrons. The van der Waals surface area contributed by atoms with Crippen molar-refractivity contribution >= 4 is 23.1 Å². The van der Waals surface area contributed by atoms with E-state index in [1.54, 1.807) is 41.8 Å². The summed E-state index contributed by atoms with van der Waals surface area (Å²) < 4.78 is 0. The molecule has 0 spiro atoms. The number of hydrogen-bond donors (Lipinski definition) is 2. The van der Waals surface area contributed by atoms with Crippen molar-refractivity contribution in [3.63, 3.8) is 0 Å². The van der Waals surface area contributed by atoms with E-state index in [4.69, 9.17) is 0 Å². The molecule has 5 nitrogen and oxygen atoms in total. The van der Waals surface area contributed by atoms with Gasteiger partial charge in [0.15, 0.2) is 5.82 Å². The zero-order valence-electron chi connectivity index (χ0n) is 9.83. The number of hydrogen-bond acceptors (Lipinski definition) is 4. The molecule has 3 aromatic rings. The minimum Gasteiger partial charge on any atom is -0.304 e. The van der Waals surface area contributed by atoms with E-state index in [-0.39, 0.29) is 5.91 Å². The van der Waals surface area contributed by atoms with Gasteiger partial charge in [-0.05, 0) is 23.6 Å². The van der Waals surface area contributed by atoms with Gasteiger partial charge in [0.1, 0.15) is 5.69 Å². The first-order valence-electron chi connectivity index (χ1n) is 5.64. The van der Waals surface area contributed by atoms with Gasteiger partial charge in [0.2, 0.25) is 0 Å². The number of pyridine rings is 1. The number of carbonyl (C=O) groups excluding carboxylic acids is 1. The molecule has 3 aromatic heterocycles. The van der Waals surface area contributed by atoms with E-state index in [0.717, 1.165) is 10.6 Å². The third kappa shape index (κ3) is 2.53. The molecule has 3 heterocycles. The predicted molar refractivity (Wildman–Crippen MR) is 74.1 cm³/mol. The zero-order valence-corrected chi connectivity index (χ0v) is 10.6. The second-order valence-electron chi connectivity index (χ2n) is 3.81. The lowest BCUT2D eigenvalue weighted by Crippen LogP contribution is -2.13. The Labute approximate surface area is 113 Å². The van der Waals surface area contributed by atoms with Gasteiger partial charge in [0.05, 0.1) is 10.6 Å². The molecule has 2 N–H and O–H groups in total. The summed E-state index contributed by atoms with van der Waals surface area (Å²) in [4.78, 5) is 16.9. The molecule has 0 saturated carbocycles. The minimum atomic E-state index is -0.273. The van der Waals surface area contributed by atoms with Crippen LogP contribution in [0.4, 0.5) is 5.82 Å². The highest BCUT2D eigenvalue weighted by Gasteiger charge is 2.10. The Bertz CT molecular complexity index is 676. The number of thiophene rings is 1. The number of H-pyrrole nitrogens is 1. The van der Waals surface area contributed by atoms with Gasteiger partial charge in [-0.1, -0.05) is 12.1 Å². The van der Waals surface area contributed by atoms with E-state index in [1.807, 2.05) is 17.5 Å². The Balaban J connectivity index is 1.76. The summed E-state index contributed by atoms with van der Waals surface area (Å²) in [6.45, 7) is 0. The summed E-state index contributed by atoms with van der Waals surface area (Å²) in [7, 11) is 0. The predicted octanol–water partition coefficient (Wildman–Crippen LogP) is 2.79. The second kappa shape index (κ2) is 5.03. The molecule has 0 aliphatic rings. The van der Waals surface area contributed by atoms with Crippen LogP contribution in [0.25, 0.3) is 10.6 Å². The van der Waals surface area contributed by atoms with Crippen LogP contribution >= 0.6 is 11.3 Å². The fourth-order valence-corrected chi connectivity index (χ4v) is 2.31. The van der Waals surface area contributed by atoms with Gasteiger partial charge in [-0.15, -0.1) is 11.3 Å². The topological polar surface area (TPSA) is 70.7 Å². The highest BCUT2D eigenvalue weighted by molar-refractivity contribution is 7.13. The maximum Gasteiger partial charge on any atom is 0.275 e. The SMILES string of the molecule is O=C(Nc1cc(-c2cccs2)[nH]n1)c1ccccn1. The summed E-state index contributed by atoms with van der Waals surface area (Å²) >= 11 is 1.61. The first-order chi connectivity index (χ1) is 9.33. The molecule has 0 aromatic carbocycles. The molecule has 0 fully saturated rings. The van der Waals surface area contributed by atoms with Crippen molar-refractivity contribution in [3.05, 3.63) is 53.7 Å². The van der Waals surface area contributed by atoms with Gasteiger partial charge in [0, 0.05) is 12.3 Å². The number of carbonyl (C=O) groups is 1. The standard InChI is InChI=1S/C13H10N4OS/c18-13(9-4-1-2-6-14-9)15-12-8-10(16-17-12)11-5-3-7-19-11/h1-8H,(H2,15,16,17,18). The Hall–Kier alpha value is -2.47. The van der Waals surface area contributed by atoms with Crippen LogP contribution in [-0.2, 0) is 0 Å². The van der Waals surface area contributed by atoms with E-state index in [0.29, 0.717) is 11.5 Å². The van der Waals surface area contributed by atoms with Crippen LogP contribution in [0.1, 0.15) is 10.5 Å². The van der Waals surface area contributed by atoms with Crippen LogP contribution in [0.3, 0.4) is 0 Å². The van der Waals surface area contributed by atoms with Crippen LogP contribution in [-0.4, -0.2) is 21.1 Å². The Kier molecular flexibility index (Phi) is 3.07. The summed E-state index contributed by atoms with van der Waals surface area (Å²) in [6.07, 6.45) is 1.58. The number of rotatable bonds is 3. The third-order valence-electron chi connectivity index (χ3n) is 2.50. The summed E-state index contributed by atoms with van der Waals surface area (Å²) in [5.41, 5.74) is 1.24. The quantitative estimate of drug-likeness (QED) is 0.768. The van der Waals surface area contributed by atoms with Crippen molar-refractivity contribution in [1.82, 2.24) is 15.2 Å². The van der Waals surface area contributed by atoms with E-state index < -0.39 is 0 Å². The summed E-state index contributed by atoms with van der Waals surface area (Å²) in [5, 5.41) is 11.6. The molecule has 1 amide bonds. The highest BCUT2D eigenvalue weighted by atomic mass is 32.1. The van der Waals surface area contributed by atoms with Gasteiger partial charge < -0.3 is 5.32 Å². The van der Waals surface area contributed by atoms with E-state index in [2.05, 4.69) is 20.5 Å². The second-order valence-corrected chi connectivity index (χ2v) is 4.76. The third-order valence-corrected chi connectivity index (χ3v) is 3.41. The molecule has 0 aliphatic heterocycles. The molecule has 0 unspecified atom stereocenters. The lowest BCUT2D eigenvalue weighted by Gasteiger charge is -1.99. The van der Waals surface area contributed by atoms with E-state index >= 15 is 0 Å². The molecule has 0 atom stereocenters. The molecule has 0 radical (unpaired) electrons. The van der Waals surface area contributed by atoms with Crippen LogP contribution in [0.2, 0.25) is 0 Å². The van der Waals surface area contributed by atoms with E-state index in [9.17, 15) is 4.79 Å². The van der Waals surface area contributed by atoms with Crippen LogP contribution in [0.15, 0.2) is 48.0 Å². The van der Waals surface area contributed by atoms with Crippen molar-refractivity contribution in [3.8, 4) is 10.6 Å². The normalized spacial score (nSPS) is 10.3. The summed E-state index contributed by atoms with van der Waals surface area (Å²) in [6, 6.07) is 10.9. The van der Waals surface area contributed by atoms with Crippen molar-refractivity contribution in [2.45, 2.75) is 0 Å². The maximum atomic E-state index is 11.9. The zero-order chi connectivity index (χ0) is 13.1. The monoisotopic (exact) mass is 270 g/mol. The van der Waals surface area contributed by atoms with Crippen molar-refractivity contribution in [1.29, 1.82) is 0 Å². The Morgan fingerprint density at radius 2 is 2.21 bits per heavy atom. The van der Waals surface area contributed by atoms with E-state index in [1.165, 1.54) is 0 Å². The fourth-order valence-electron chi connectivity index (χ4n) is 1.62. The van der Waals surface area contributed by atoms with Gasteiger partial charge in [0.25, 0.3) is 5.91 Å². The average Bonchev–Trinajstić information content (AvgIpc) is 3.10. The Morgan fingerprint density at radius 3 is 2.95 bits per heavy atom. The molecular formula is C13H10N4OS. The number of aromatic nitrogens is 3. The number of anilines is 1. The van der Waals surface area contributed by atoms with Gasteiger partial charge in [-0.2, -0.15) is 5.10 Å². The number of nitrogens with one attached hydrogen (secondary N) is 2. The molecule has 3 rings (SSSR count). The molecule has 0 saturated heterocycles. The smallest absolute Gasteiger partial charge is 0.275 e. The Morgan fingerprint density at radius 1 is 1.26 bits per heavy atom. The first-order valence-corrected chi connectivity index (χ1v) is 6.52. The van der Waals surface area contributed by atoms with Crippen LogP contribution in [0.5, 0.6) is 0 Å².